The van der Waals surface area contributed by atoms with Gasteiger partial charge in [-0.05, 0) is 47.0 Å². The van der Waals surface area contributed by atoms with Gasteiger partial charge in [-0.15, -0.1) is 0 Å². The van der Waals surface area contributed by atoms with E-state index >= 15 is 0 Å². The van der Waals surface area contributed by atoms with E-state index in [1.165, 1.54) is 12.8 Å². The molecule has 1 unspecified atom stereocenters. The third kappa shape index (κ3) is 10.0. The number of aliphatic imine (C=N–C) groups is 1. The van der Waals surface area contributed by atoms with Gasteiger partial charge in [-0.3, -0.25) is 4.99 Å². The fraction of sp³-hybridized carbons (Fsp3) is 0.882. The second-order valence-corrected chi connectivity index (χ2v) is 7.11. The molecule has 0 heterocycles. The summed E-state index contributed by atoms with van der Waals surface area (Å²) in [4.78, 5) is 16.3. The average Bonchev–Trinajstić information content (AvgIpc) is 3.24. The van der Waals surface area contributed by atoms with E-state index in [-0.39, 0.29) is 12.1 Å². The van der Waals surface area contributed by atoms with E-state index in [4.69, 9.17) is 4.74 Å². The molecule has 0 aromatic heterocycles. The summed E-state index contributed by atoms with van der Waals surface area (Å²) in [5.74, 6) is 0.849. The van der Waals surface area contributed by atoms with Crippen molar-refractivity contribution in [1.82, 2.24) is 16.0 Å². The van der Waals surface area contributed by atoms with Crippen LogP contribution in [0.2, 0.25) is 0 Å². The second kappa shape index (κ2) is 9.63. The molecule has 0 aromatic carbocycles. The van der Waals surface area contributed by atoms with Crippen molar-refractivity contribution >= 4 is 12.1 Å². The molecule has 0 spiro atoms. The molecule has 6 heteroatoms. The molecule has 0 radical (unpaired) electrons. The van der Waals surface area contributed by atoms with Crippen LogP contribution in [0.25, 0.3) is 0 Å². The van der Waals surface area contributed by atoms with Crippen LogP contribution in [0.5, 0.6) is 0 Å². The molecule has 1 saturated carbocycles. The summed E-state index contributed by atoms with van der Waals surface area (Å²) in [6.45, 7) is 11.1. The van der Waals surface area contributed by atoms with Crippen LogP contribution in [0.1, 0.15) is 66.7 Å². The van der Waals surface area contributed by atoms with E-state index in [1.54, 1.807) is 0 Å². The van der Waals surface area contributed by atoms with Gasteiger partial charge in [0, 0.05) is 25.2 Å². The molecule has 1 aliphatic carbocycles. The summed E-state index contributed by atoms with van der Waals surface area (Å²) in [6, 6.07) is 0.706. The number of unbranched alkanes of at least 4 members (excludes halogenated alkanes) is 1. The summed E-state index contributed by atoms with van der Waals surface area (Å²) >= 11 is 0. The first kappa shape index (κ1) is 19.6. The first-order chi connectivity index (χ1) is 10.8. The lowest BCUT2D eigenvalue weighted by atomic mass is 10.1. The number of carbonyl (C=O) groups excluding carboxylic acids is 1. The van der Waals surface area contributed by atoms with Gasteiger partial charge in [0.2, 0.25) is 0 Å². The first-order valence-electron chi connectivity index (χ1n) is 8.88. The summed E-state index contributed by atoms with van der Waals surface area (Å²) < 4.78 is 5.30. The Morgan fingerprint density at radius 3 is 2.52 bits per heavy atom. The largest absolute Gasteiger partial charge is 0.444 e. The normalized spacial score (nSPS) is 16.7. The van der Waals surface area contributed by atoms with Crippen LogP contribution in [-0.4, -0.2) is 42.8 Å². The SMILES string of the molecule is CCCCC(CNC(=O)OC(C)(C)C)NC(=NCC)NC1CC1. The summed E-state index contributed by atoms with van der Waals surface area (Å²) in [7, 11) is 0. The lowest BCUT2D eigenvalue weighted by Crippen LogP contribution is -2.49. The van der Waals surface area contributed by atoms with Crippen LogP contribution in [0, 0.1) is 0 Å². The van der Waals surface area contributed by atoms with Gasteiger partial charge in [0.25, 0.3) is 0 Å². The minimum absolute atomic E-state index is 0.152. The molecule has 0 bridgehead atoms. The minimum atomic E-state index is -0.473. The molecule has 3 N–H and O–H groups in total. The van der Waals surface area contributed by atoms with Crippen molar-refractivity contribution in [2.75, 3.05) is 13.1 Å². The summed E-state index contributed by atoms with van der Waals surface area (Å²) in [6.07, 6.45) is 5.27. The lowest BCUT2D eigenvalue weighted by Gasteiger charge is -2.24. The molecule has 1 aliphatic rings. The van der Waals surface area contributed by atoms with E-state index in [2.05, 4.69) is 27.9 Å². The Labute approximate surface area is 140 Å². The zero-order valence-electron chi connectivity index (χ0n) is 15.4. The topological polar surface area (TPSA) is 74.8 Å². The third-order valence-corrected chi connectivity index (χ3v) is 3.37. The van der Waals surface area contributed by atoms with Crippen LogP contribution in [0.4, 0.5) is 4.79 Å². The molecule has 134 valence electrons. The van der Waals surface area contributed by atoms with Crippen LogP contribution in [0.15, 0.2) is 4.99 Å². The van der Waals surface area contributed by atoms with E-state index in [9.17, 15) is 4.79 Å². The molecule has 23 heavy (non-hydrogen) atoms. The lowest BCUT2D eigenvalue weighted by molar-refractivity contribution is 0.0523. The molecule has 1 atom stereocenters. The highest BCUT2D eigenvalue weighted by Crippen LogP contribution is 2.18. The van der Waals surface area contributed by atoms with Gasteiger partial charge in [-0.1, -0.05) is 19.8 Å². The molecular formula is C17H34N4O2. The van der Waals surface area contributed by atoms with Gasteiger partial charge in [-0.2, -0.15) is 0 Å². The fourth-order valence-electron chi connectivity index (χ4n) is 2.10. The number of hydrogen-bond acceptors (Lipinski definition) is 3. The minimum Gasteiger partial charge on any atom is -0.444 e. The van der Waals surface area contributed by atoms with Crippen LogP contribution < -0.4 is 16.0 Å². The van der Waals surface area contributed by atoms with Crippen molar-refractivity contribution in [2.24, 2.45) is 4.99 Å². The smallest absolute Gasteiger partial charge is 0.407 e. The standard InChI is InChI=1S/C17H34N4O2/c1-6-8-9-14(12-19-16(22)23-17(3,4)5)21-15(18-7-2)20-13-10-11-13/h13-14H,6-12H2,1-5H3,(H,19,22)(H2,18,20,21). The molecular weight excluding hydrogens is 292 g/mol. The van der Waals surface area contributed by atoms with E-state index in [1.807, 2.05) is 27.7 Å². The van der Waals surface area contributed by atoms with E-state index < -0.39 is 5.60 Å². The van der Waals surface area contributed by atoms with Gasteiger partial charge < -0.3 is 20.7 Å². The number of ether oxygens (including phenoxy) is 1. The Balaban J connectivity index is 2.49. The fourth-order valence-corrected chi connectivity index (χ4v) is 2.10. The van der Waals surface area contributed by atoms with Gasteiger partial charge >= 0.3 is 6.09 Å². The zero-order chi connectivity index (χ0) is 17.3. The first-order valence-corrected chi connectivity index (χ1v) is 8.88. The van der Waals surface area contributed by atoms with Gasteiger partial charge in [0.05, 0.1) is 0 Å². The summed E-state index contributed by atoms with van der Waals surface area (Å²) in [5.41, 5.74) is -0.473. The number of rotatable bonds is 8. The van der Waals surface area contributed by atoms with Crippen molar-refractivity contribution in [1.29, 1.82) is 0 Å². The molecule has 1 fully saturated rings. The van der Waals surface area contributed by atoms with Crippen LogP contribution >= 0.6 is 0 Å². The predicted molar refractivity (Wildman–Crippen MR) is 94.8 cm³/mol. The Bertz CT molecular complexity index is 387. The van der Waals surface area contributed by atoms with Crippen molar-refractivity contribution in [3.05, 3.63) is 0 Å². The molecule has 0 saturated heterocycles. The highest BCUT2D eigenvalue weighted by molar-refractivity contribution is 5.80. The number of nitrogens with zero attached hydrogens (tertiary/aromatic N) is 1. The Kier molecular flexibility index (Phi) is 8.20. The second-order valence-electron chi connectivity index (χ2n) is 7.11. The monoisotopic (exact) mass is 326 g/mol. The van der Waals surface area contributed by atoms with Gasteiger partial charge in [0.15, 0.2) is 5.96 Å². The highest BCUT2D eigenvalue weighted by Gasteiger charge is 2.23. The van der Waals surface area contributed by atoms with Crippen molar-refractivity contribution in [2.45, 2.75) is 84.4 Å². The number of nitrogens with one attached hydrogen (secondary N) is 3. The number of guanidine groups is 1. The van der Waals surface area contributed by atoms with E-state index in [0.717, 1.165) is 31.8 Å². The maximum Gasteiger partial charge on any atom is 0.407 e. The maximum absolute atomic E-state index is 11.8. The Morgan fingerprint density at radius 1 is 1.30 bits per heavy atom. The molecule has 0 aromatic rings. The predicted octanol–water partition coefficient (Wildman–Crippen LogP) is 2.79. The van der Waals surface area contributed by atoms with Crippen LogP contribution in [0.3, 0.4) is 0 Å². The Hall–Kier alpha value is -1.46. The van der Waals surface area contributed by atoms with E-state index in [0.29, 0.717) is 12.6 Å². The molecule has 1 rings (SSSR count). The average molecular weight is 326 g/mol. The number of amides is 1. The zero-order valence-corrected chi connectivity index (χ0v) is 15.4. The number of carbonyl (C=O) groups is 1. The molecule has 6 nitrogen and oxygen atoms in total. The third-order valence-electron chi connectivity index (χ3n) is 3.37. The Morgan fingerprint density at radius 2 is 2.00 bits per heavy atom. The quantitative estimate of drug-likeness (QED) is 0.474. The molecule has 1 amide bonds. The number of alkyl carbamates (subject to hydrolysis) is 1. The summed E-state index contributed by atoms with van der Waals surface area (Å²) in [5, 5.41) is 9.73. The number of hydrogen-bond donors (Lipinski definition) is 3. The van der Waals surface area contributed by atoms with Crippen molar-refractivity contribution in [3.63, 3.8) is 0 Å². The highest BCUT2D eigenvalue weighted by atomic mass is 16.6. The van der Waals surface area contributed by atoms with Crippen molar-refractivity contribution in [3.8, 4) is 0 Å². The van der Waals surface area contributed by atoms with Crippen molar-refractivity contribution < 1.29 is 9.53 Å². The van der Waals surface area contributed by atoms with Gasteiger partial charge in [0.1, 0.15) is 5.60 Å². The molecule has 0 aliphatic heterocycles. The maximum atomic E-state index is 11.8. The van der Waals surface area contributed by atoms with Gasteiger partial charge in [-0.25, -0.2) is 4.79 Å². The van der Waals surface area contributed by atoms with Crippen LogP contribution in [-0.2, 0) is 4.74 Å².